The summed E-state index contributed by atoms with van der Waals surface area (Å²) in [5.74, 6) is 0. The molecule has 1 N–H and O–H groups in total. The maximum Gasteiger partial charge on any atom is 0.0718 e. The predicted octanol–water partition coefficient (Wildman–Crippen LogP) is 3.23. The first-order chi connectivity index (χ1) is 8.13. The minimum Gasteiger partial charge on any atom is -0.380 e. The third kappa shape index (κ3) is 5.16. The van der Waals surface area contributed by atoms with Gasteiger partial charge in [-0.2, -0.15) is 0 Å². The lowest BCUT2D eigenvalue weighted by atomic mass is 10.1. The molecule has 0 aliphatic heterocycles. The van der Waals surface area contributed by atoms with Crippen molar-refractivity contribution in [1.29, 1.82) is 0 Å². The van der Waals surface area contributed by atoms with Crippen molar-refractivity contribution in [1.82, 2.24) is 5.32 Å². The molecule has 0 spiro atoms. The fraction of sp³-hybridized carbons (Fsp3) is 0.467. The van der Waals surface area contributed by atoms with E-state index in [0.29, 0.717) is 12.6 Å². The van der Waals surface area contributed by atoms with Gasteiger partial charge in [-0.1, -0.05) is 49.8 Å². The van der Waals surface area contributed by atoms with Crippen LogP contribution in [0.1, 0.15) is 31.9 Å². The van der Waals surface area contributed by atoms with E-state index in [2.05, 4.69) is 50.4 Å². The highest BCUT2D eigenvalue weighted by Gasteiger charge is 1.99. The number of rotatable bonds is 6. The van der Waals surface area contributed by atoms with Crippen molar-refractivity contribution in [2.75, 3.05) is 13.7 Å². The van der Waals surface area contributed by atoms with E-state index in [1.54, 1.807) is 7.11 Å². The highest BCUT2D eigenvalue weighted by Crippen LogP contribution is 2.13. The zero-order valence-corrected chi connectivity index (χ0v) is 11.3. The molecule has 0 radical (unpaired) electrons. The minimum atomic E-state index is 0.521. The number of nitrogens with one attached hydrogen (secondary N) is 1. The van der Waals surface area contributed by atoms with Crippen molar-refractivity contribution < 1.29 is 4.74 Å². The zero-order valence-electron chi connectivity index (χ0n) is 11.3. The summed E-state index contributed by atoms with van der Waals surface area (Å²) in [6, 6.07) is 8.88. The molecule has 2 heteroatoms. The van der Waals surface area contributed by atoms with Crippen LogP contribution in [0.2, 0.25) is 0 Å². The molecule has 1 aromatic carbocycles. The number of hydrogen-bond donors (Lipinski definition) is 1. The Bertz CT molecular complexity index is 369. The van der Waals surface area contributed by atoms with E-state index >= 15 is 0 Å². The third-order valence-electron chi connectivity index (χ3n) is 2.55. The molecule has 0 fully saturated rings. The molecule has 0 aliphatic rings. The van der Waals surface area contributed by atoms with E-state index < -0.39 is 0 Å². The lowest BCUT2D eigenvalue weighted by Crippen LogP contribution is -2.24. The van der Waals surface area contributed by atoms with Crippen LogP contribution in [0.5, 0.6) is 0 Å². The smallest absolute Gasteiger partial charge is 0.0718 e. The normalized spacial score (nSPS) is 12.2. The van der Waals surface area contributed by atoms with Gasteiger partial charge in [-0.3, -0.25) is 0 Å². The Morgan fingerprint density at radius 2 is 2.06 bits per heavy atom. The van der Waals surface area contributed by atoms with Gasteiger partial charge in [0, 0.05) is 19.7 Å². The van der Waals surface area contributed by atoms with E-state index in [1.165, 1.54) is 16.7 Å². The van der Waals surface area contributed by atoms with Gasteiger partial charge in [0.15, 0.2) is 0 Å². The van der Waals surface area contributed by atoms with Gasteiger partial charge in [0.25, 0.3) is 0 Å². The van der Waals surface area contributed by atoms with Gasteiger partial charge in [0.1, 0.15) is 0 Å². The summed E-state index contributed by atoms with van der Waals surface area (Å²) in [6.45, 7) is 8.06. The number of methoxy groups -OCH3 is 1. The summed E-state index contributed by atoms with van der Waals surface area (Å²) in [5, 5.41) is 3.42. The molecule has 0 heterocycles. The average molecular weight is 233 g/mol. The molecule has 17 heavy (non-hydrogen) atoms. The first-order valence-electron chi connectivity index (χ1n) is 6.11. The summed E-state index contributed by atoms with van der Waals surface area (Å²) in [5.41, 5.74) is 3.82. The molecule has 0 aliphatic carbocycles. The van der Waals surface area contributed by atoms with E-state index in [4.69, 9.17) is 4.74 Å². The average Bonchev–Trinajstić information content (AvgIpc) is 2.29. The summed E-state index contributed by atoms with van der Waals surface area (Å²) < 4.78 is 5.20. The van der Waals surface area contributed by atoms with E-state index in [-0.39, 0.29) is 0 Å². The Morgan fingerprint density at radius 3 is 2.71 bits per heavy atom. The molecular weight excluding hydrogens is 210 g/mol. The summed E-state index contributed by atoms with van der Waals surface area (Å²) in [7, 11) is 1.73. The molecule has 0 saturated heterocycles. The largest absolute Gasteiger partial charge is 0.380 e. The first-order valence-corrected chi connectivity index (χ1v) is 6.11. The lowest BCUT2D eigenvalue weighted by molar-refractivity contribution is 0.184. The van der Waals surface area contributed by atoms with E-state index in [9.17, 15) is 0 Å². The topological polar surface area (TPSA) is 21.3 Å². The van der Waals surface area contributed by atoms with Crippen molar-refractivity contribution in [3.05, 3.63) is 41.0 Å². The molecule has 0 aromatic heterocycles. The van der Waals surface area contributed by atoms with Crippen LogP contribution in [0.25, 0.3) is 6.08 Å². The van der Waals surface area contributed by atoms with Crippen LogP contribution in [0.3, 0.4) is 0 Å². The van der Waals surface area contributed by atoms with Crippen LogP contribution >= 0.6 is 0 Å². The third-order valence-corrected chi connectivity index (χ3v) is 2.55. The van der Waals surface area contributed by atoms with Crippen LogP contribution < -0.4 is 5.32 Å². The first kappa shape index (κ1) is 13.9. The second kappa shape index (κ2) is 7.25. The number of hydrogen-bond acceptors (Lipinski definition) is 2. The van der Waals surface area contributed by atoms with Crippen LogP contribution in [-0.4, -0.2) is 19.7 Å². The van der Waals surface area contributed by atoms with Crippen molar-refractivity contribution in [3.63, 3.8) is 0 Å². The maximum absolute atomic E-state index is 5.20. The fourth-order valence-corrected chi connectivity index (χ4v) is 1.64. The quantitative estimate of drug-likeness (QED) is 0.814. The van der Waals surface area contributed by atoms with E-state index in [0.717, 1.165) is 6.54 Å². The maximum atomic E-state index is 5.20. The Balaban J connectivity index is 2.74. The van der Waals surface area contributed by atoms with Crippen molar-refractivity contribution >= 4 is 6.08 Å². The van der Waals surface area contributed by atoms with Crippen LogP contribution in [0.15, 0.2) is 29.8 Å². The van der Waals surface area contributed by atoms with Gasteiger partial charge in [-0.05, 0) is 18.1 Å². The SMILES string of the molecule is COCc1ccccc1C=C(C)CNC(C)C. The van der Waals surface area contributed by atoms with Gasteiger partial charge in [0.05, 0.1) is 6.61 Å². The highest BCUT2D eigenvalue weighted by molar-refractivity contribution is 5.56. The van der Waals surface area contributed by atoms with Crippen LogP contribution in [0, 0.1) is 0 Å². The Hall–Kier alpha value is -1.12. The predicted molar refractivity (Wildman–Crippen MR) is 73.9 cm³/mol. The van der Waals surface area contributed by atoms with Crippen LogP contribution in [0.4, 0.5) is 0 Å². The molecule has 0 atom stereocenters. The standard InChI is InChI=1S/C15H23NO/c1-12(2)16-10-13(3)9-14-7-5-6-8-15(14)11-17-4/h5-9,12,16H,10-11H2,1-4H3. The van der Waals surface area contributed by atoms with Gasteiger partial charge in [0.2, 0.25) is 0 Å². The summed E-state index contributed by atoms with van der Waals surface area (Å²) >= 11 is 0. The molecule has 0 amide bonds. The Morgan fingerprint density at radius 1 is 1.35 bits per heavy atom. The van der Waals surface area contributed by atoms with Gasteiger partial charge < -0.3 is 10.1 Å². The Kier molecular flexibility index (Phi) is 5.95. The molecule has 0 bridgehead atoms. The van der Waals surface area contributed by atoms with Gasteiger partial charge in [-0.15, -0.1) is 0 Å². The molecule has 1 aromatic rings. The fourth-order valence-electron chi connectivity index (χ4n) is 1.64. The molecule has 94 valence electrons. The summed E-state index contributed by atoms with van der Waals surface area (Å²) in [6.07, 6.45) is 2.23. The second-order valence-corrected chi connectivity index (χ2v) is 4.66. The monoisotopic (exact) mass is 233 g/mol. The number of ether oxygens (including phenoxy) is 1. The molecule has 1 rings (SSSR count). The van der Waals surface area contributed by atoms with E-state index in [1.807, 2.05) is 6.07 Å². The molecule has 0 saturated carbocycles. The Labute approximate surface area is 105 Å². The van der Waals surface area contributed by atoms with Crippen molar-refractivity contribution in [2.45, 2.75) is 33.4 Å². The zero-order chi connectivity index (χ0) is 12.7. The van der Waals surface area contributed by atoms with Crippen LogP contribution in [-0.2, 0) is 11.3 Å². The molecule has 0 unspecified atom stereocenters. The van der Waals surface area contributed by atoms with Crippen molar-refractivity contribution in [2.24, 2.45) is 0 Å². The lowest BCUT2D eigenvalue weighted by Gasteiger charge is -2.10. The molecular formula is C15H23NO. The van der Waals surface area contributed by atoms with Crippen molar-refractivity contribution in [3.8, 4) is 0 Å². The molecule has 2 nitrogen and oxygen atoms in total. The summed E-state index contributed by atoms with van der Waals surface area (Å²) in [4.78, 5) is 0. The van der Waals surface area contributed by atoms with Gasteiger partial charge >= 0.3 is 0 Å². The highest BCUT2D eigenvalue weighted by atomic mass is 16.5. The minimum absolute atomic E-state index is 0.521. The number of benzene rings is 1. The van der Waals surface area contributed by atoms with Gasteiger partial charge in [-0.25, -0.2) is 0 Å². The second-order valence-electron chi connectivity index (χ2n) is 4.66.